The van der Waals surface area contributed by atoms with Crippen LogP contribution in [0.3, 0.4) is 0 Å². The van der Waals surface area contributed by atoms with Crippen molar-refractivity contribution in [2.75, 3.05) is 18.4 Å². The second-order valence-electron chi connectivity index (χ2n) is 5.63. The van der Waals surface area contributed by atoms with E-state index in [2.05, 4.69) is 38.2 Å². The van der Waals surface area contributed by atoms with Crippen molar-refractivity contribution in [3.8, 4) is 0 Å². The molecule has 0 radical (unpaired) electrons. The third-order valence-electron chi connectivity index (χ3n) is 4.04. The molecule has 1 saturated heterocycles. The number of hydrogen-bond acceptors (Lipinski definition) is 5. The molecule has 4 nitrogen and oxygen atoms in total. The molecule has 7 heteroatoms. The van der Waals surface area contributed by atoms with Crippen molar-refractivity contribution in [2.24, 2.45) is 5.92 Å². The number of pyridine rings is 1. The van der Waals surface area contributed by atoms with Crippen LogP contribution in [-0.2, 0) is 0 Å². The van der Waals surface area contributed by atoms with Crippen molar-refractivity contribution in [1.29, 1.82) is 0 Å². The summed E-state index contributed by atoms with van der Waals surface area (Å²) < 4.78 is 15.0. The lowest BCUT2D eigenvalue weighted by Crippen LogP contribution is -2.46. The highest BCUT2D eigenvalue weighted by Crippen LogP contribution is 2.38. The van der Waals surface area contributed by atoms with E-state index in [1.807, 2.05) is 18.2 Å². The molecule has 0 bridgehead atoms. The summed E-state index contributed by atoms with van der Waals surface area (Å²) in [6.45, 7) is 1.38. The van der Waals surface area contributed by atoms with Gasteiger partial charge in [-0.2, -0.15) is 0 Å². The third kappa shape index (κ3) is 2.80. The number of nitrogens with zero attached hydrogens (tertiary/aromatic N) is 1. The highest BCUT2D eigenvalue weighted by atomic mass is 127. The van der Waals surface area contributed by atoms with E-state index in [-0.39, 0.29) is 17.5 Å². The SMILES string of the molecule is O=C(c1c(Nc2ccc(I)cc2F)sc2ncccc12)C1CNC1. The second kappa shape index (κ2) is 6.38. The average molecular weight is 453 g/mol. The van der Waals surface area contributed by atoms with Crippen molar-refractivity contribution < 1.29 is 9.18 Å². The number of Topliss-reactive ketones (excluding diaryl/α,β-unsaturated/α-hetero) is 1. The molecule has 0 amide bonds. The molecule has 3 heterocycles. The number of ketones is 1. The van der Waals surface area contributed by atoms with Gasteiger partial charge in [0.05, 0.1) is 11.3 Å². The third-order valence-corrected chi connectivity index (χ3v) is 5.74. The van der Waals surface area contributed by atoms with Crippen LogP contribution in [0.4, 0.5) is 15.1 Å². The van der Waals surface area contributed by atoms with Gasteiger partial charge in [-0.05, 0) is 52.9 Å². The quantitative estimate of drug-likeness (QED) is 0.460. The Hall–Kier alpha value is -1.58. The number of carbonyl (C=O) groups excluding carboxylic acids is 1. The standard InChI is InChI=1S/C17H13FIN3OS/c18-12-6-10(19)3-4-13(12)22-17-14(15(23)9-7-20-8-9)11-2-1-5-21-16(11)24-17/h1-6,9,20,22H,7-8H2. The van der Waals surface area contributed by atoms with E-state index in [0.29, 0.717) is 29.3 Å². The van der Waals surface area contributed by atoms with E-state index in [1.54, 1.807) is 12.3 Å². The van der Waals surface area contributed by atoms with E-state index in [9.17, 15) is 9.18 Å². The molecule has 1 aliphatic heterocycles. The number of anilines is 2. The molecular formula is C17H13FIN3OS. The molecule has 0 spiro atoms. The summed E-state index contributed by atoms with van der Waals surface area (Å²) in [6.07, 6.45) is 1.70. The molecule has 1 fully saturated rings. The van der Waals surface area contributed by atoms with E-state index >= 15 is 0 Å². The average Bonchev–Trinajstić information content (AvgIpc) is 2.86. The van der Waals surface area contributed by atoms with Gasteiger partial charge >= 0.3 is 0 Å². The van der Waals surface area contributed by atoms with Crippen LogP contribution in [0.1, 0.15) is 10.4 Å². The van der Waals surface area contributed by atoms with Crippen molar-refractivity contribution >= 4 is 60.6 Å². The van der Waals surface area contributed by atoms with Crippen molar-refractivity contribution in [1.82, 2.24) is 10.3 Å². The Morgan fingerprint density at radius 2 is 2.21 bits per heavy atom. The molecule has 24 heavy (non-hydrogen) atoms. The first-order valence-electron chi connectivity index (χ1n) is 7.48. The molecule has 0 atom stereocenters. The predicted octanol–water partition coefficient (Wildman–Crippen LogP) is 4.19. The van der Waals surface area contributed by atoms with Gasteiger partial charge in [0.15, 0.2) is 5.78 Å². The number of aromatic nitrogens is 1. The maximum atomic E-state index is 14.2. The highest BCUT2D eigenvalue weighted by molar-refractivity contribution is 14.1. The van der Waals surface area contributed by atoms with Crippen molar-refractivity contribution in [3.05, 3.63) is 51.5 Å². The monoisotopic (exact) mass is 453 g/mol. The fourth-order valence-corrected chi connectivity index (χ4v) is 4.17. The first-order valence-corrected chi connectivity index (χ1v) is 9.37. The lowest BCUT2D eigenvalue weighted by molar-refractivity contribution is 0.0881. The minimum Gasteiger partial charge on any atom is -0.344 e. The van der Waals surface area contributed by atoms with E-state index in [1.165, 1.54) is 17.4 Å². The summed E-state index contributed by atoms with van der Waals surface area (Å²) in [5.74, 6) is -0.275. The van der Waals surface area contributed by atoms with Crippen molar-refractivity contribution in [3.63, 3.8) is 0 Å². The van der Waals surface area contributed by atoms with Crippen LogP contribution >= 0.6 is 33.9 Å². The van der Waals surface area contributed by atoms with Crippen LogP contribution in [-0.4, -0.2) is 23.9 Å². The summed E-state index contributed by atoms with van der Waals surface area (Å²) in [7, 11) is 0. The molecule has 0 unspecified atom stereocenters. The number of nitrogens with one attached hydrogen (secondary N) is 2. The molecule has 122 valence electrons. The summed E-state index contributed by atoms with van der Waals surface area (Å²) in [5.41, 5.74) is 0.982. The Balaban J connectivity index is 1.80. The first kappa shape index (κ1) is 15.9. The number of fused-ring (bicyclic) bond motifs is 1. The van der Waals surface area contributed by atoms with Crippen LogP contribution in [0.15, 0.2) is 36.5 Å². The Morgan fingerprint density at radius 1 is 1.38 bits per heavy atom. The van der Waals surface area contributed by atoms with E-state index < -0.39 is 0 Å². The number of thiophene rings is 1. The highest BCUT2D eigenvalue weighted by Gasteiger charge is 2.30. The minimum absolute atomic E-state index is 0.0230. The summed E-state index contributed by atoms with van der Waals surface area (Å²) in [4.78, 5) is 18.0. The lowest BCUT2D eigenvalue weighted by Gasteiger charge is -2.26. The normalized spacial score (nSPS) is 14.6. The van der Waals surface area contributed by atoms with Crippen LogP contribution < -0.4 is 10.6 Å². The van der Waals surface area contributed by atoms with Gasteiger partial charge in [-0.15, -0.1) is 0 Å². The number of rotatable bonds is 4. The molecule has 3 aromatic rings. The van der Waals surface area contributed by atoms with Crippen LogP contribution in [0, 0.1) is 15.3 Å². The molecule has 0 saturated carbocycles. The van der Waals surface area contributed by atoms with Crippen molar-refractivity contribution in [2.45, 2.75) is 0 Å². The maximum Gasteiger partial charge on any atom is 0.172 e. The maximum absolute atomic E-state index is 14.2. The number of hydrogen-bond donors (Lipinski definition) is 2. The fourth-order valence-electron chi connectivity index (χ4n) is 2.66. The van der Waals surface area contributed by atoms with E-state index in [0.717, 1.165) is 13.8 Å². The molecule has 2 aromatic heterocycles. The fraction of sp³-hybridized carbons (Fsp3) is 0.176. The largest absolute Gasteiger partial charge is 0.344 e. The van der Waals surface area contributed by atoms with Crippen LogP contribution in [0.5, 0.6) is 0 Å². The first-order chi connectivity index (χ1) is 11.6. The Morgan fingerprint density at radius 3 is 2.92 bits per heavy atom. The van der Waals surface area contributed by atoms with Gasteiger partial charge in [0, 0.05) is 34.2 Å². The Labute approximate surface area is 155 Å². The molecule has 2 N–H and O–H groups in total. The summed E-state index contributed by atoms with van der Waals surface area (Å²) >= 11 is 3.45. The van der Waals surface area contributed by atoms with Crippen LogP contribution in [0.2, 0.25) is 0 Å². The number of carbonyl (C=O) groups is 1. The summed E-state index contributed by atoms with van der Waals surface area (Å²) in [6, 6.07) is 8.70. The molecular weight excluding hydrogens is 440 g/mol. The smallest absolute Gasteiger partial charge is 0.172 e. The Bertz CT molecular complexity index is 939. The van der Waals surface area contributed by atoms with Crippen LogP contribution in [0.25, 0.3) is 10.2 Å². The van der Waals surface area contributed by atoms with Gasteiger partial charge in [0.2, 0.25) is 0 Å². The second-order valence-corrected chi connectivity index (χ2v) is 7.88. The lowest BCUT2D eigenvalue weighted by atomic mass is 9.92. The minimum atomic E-state index is -0.337. The zero-order chi connectivity index (χ0) is 16.7. The van der Waals surface area contributed by atoms with Gasteiger partial charge in [0.1, 0.15) is 15.6 Å². The topological polar surface area (TPSA) is 54.0 Å². The Kier molecular flexibility index (Phi) is 4.23. The van der Waals surface area contributed by atoms with Gasteiger partial charge in [-0.1, -0.05) is 11.3 Å². The van der Waals surface area contributed by atoms with E-state index in [4.69, 9.17) is 0 Å². The van der Waals surface area contributed by atoms with Gasteiger partial charge in [0.25, 0.3) is 0 Å². The molecule has 1 aliphatic rings. The molecule has 4 rings (SSSR count). The molecule has 0 aliphatic carbocycles. The zero-order valence-electron chi connectivity index (χ0n) is 12.5. The van der Waals surface area contributed by atoms with Gasteiger partial charge in [-0.25, -0.2) is 9.37 Å². The number of halogens is 2. The predicted molar refractivity (Wildman–Crippen MR) is 103 cm³/mol. The summed E-state index contributed by atoms with van der Waals surface area (Å²) in [5, 5.41) is 7.70. The van der Waals surface area contributed by atoms with Gasteiger partial charge < -0.3 is 10.6 Å². The number of benzene rings is 1. The zero-order valence-corrected chi connectivity index (χ0v) is 15.4. The molecule has 1 aromatic carbocycles. The van der Waals surface area contributed by atoms with Gasteiger partial charge in [-0.3, -0.25) is 4.79 Å².